The van der Waals surface area contributed by atoms with E-state index in [1.54, 1.807) is 0 Å². The minimum atomic E-state index is -1.37. The maximum atomic E-state index is 13.5. The number of carboxylic acids is 1. The van der Waals surface area contributed by atoms with E-state index in [-0.39, 0.29) is 23.7 Å². The fourth-order valence-corrected chi connectivity index (χ4v) is 1.75. The summed E-state index contributed by atoms with van der Waals surface area (Å²) in [7, 11) is 0. The van der Waals surface area contributed by atoms with Crippen LogP contribution in [0.25, 0.3) is 0 Å². The molecule has 7 heteroatoms. The maximum Gasteiger partial charge on any atom is 0.338 e. The highest BCUT2D eigenvalue weighted by Crippen LogP contribution is 2.23. The molecule has 0 unspecified atom stereocenters. The number of hydrogen-bond acceptors (Lipinski definition) is 4. The van der Waals surface area contributed by atoms with Gasteiger partial charge in [0.25, 0.3) is 0 Å². The Hall–Kier alpha value is -2.31. The molecular weight excluding hydrogens is 265 g/mol. The van der Waals surface area contributed by atoms with Gasteiger partial charge in [-0.15, -0.1) is 0 Å². The molecule has 6 nitrogen and oxygen atoms in total. The van der Waals surface area contributed by atoms with Crippen LogP contribution in [-0.2, 0) is 4.79 Å². The SMILES string of the molecule is Nc1cc(C(=O)O)c(F)cc1NCCC(=O)NC1CC1. The van der Waals surface area contributed by atoms with Crippen molar-refractivity contribution >= 4 is 23.3 Å². The van der Waals surface area contributed by atoms with Crippen LogP contribution < -0.4 is 16.4 Å². The summed E-state index contributed by atoms with van der Waals surface area (Å²) in [5.74, 6) is -2.30. The van der Waals surface area contributed by atoms with E-state index in [2.05, 4.69) is 10.6 Å². The number of nitrogens with two attached hydrogens (primary N) is 1. The normalized spacial score (nSPS) is 13.8. The summed E-state index contributed by atoms with van der Waals surface area (Å²) >= 11 is 0. The number of aromatic carboxylic acids is 1. The quantitative estimate of drug-likeness (QED) is 0.586. The van der Waals surface area contributed by atoms with Gasteiger partial charge in [0.2, 0.25) is 5.91 Å². The van der Waals surface area contributed by atoms with Crippen LogP contribution in [0.1, 0.15) is 29.6 Å². The van der Waals surface area contributed by atoms with Crippen LogP contribution in [0.4, 0.5) is 15.8 Å². The van der Waals surface area contributed by atoms with Gasteiger partial charge in [0.05, 0.1) is 16.9 Å². The fourth-order valence-electron chi connectivity index (χ4n) is 1.75. The van der Waals surface area contributed by atoms with E-state index in [1.165, 1.54) is 0 Å². The van der Waals surface area contributed by atoms with Crippen molar-refractivity contribution in [3.63, 3.8) is 0 Å². The largest absolute Gasteiger partial charge is 0.478 e. The predicted molar refractivity (Wildman–Crippen MR) is 72.0 cm³/mol. The number of nitrogens with one attached hydrogen (secondary N) is 2. The van der Waals surface area contributed by atoms with Crippen LogP contribution in [0.15, 0.2) is 12.1 Å². The lowest BCUT2D eigenvalue weighted by molar-refractivity contribution is -0.120. The highest BCUT2D eigenvalue weighted by Gasteiger charge is 2.22. The Morgan fingerprint density at radius 2 is 2.10 bits per heavy atom. The minimum Gasteiger partial charge on any atom is -0.478 e. The molecule has 0 atom stereocenters. The monoisotopic (exact) mass is 281 g/mol. The summed E-state index contributed by atoms with van der Waals surface area (Å²) in [5.41, 5.74) is 5.58. The molecule has 0 aliphatic heterocycles. The molecule has 1 fully saturated rings. The molecule has 0 heterocycles. The van der Waals surface area contributed by atoms with Crippen LogP contribution in [0.2, 0.25) is 0 Å². The molecule has 0 saturated heterocycles. The van der Waals surface area contributed by atoms with E-state index < -0.39 is 17.3 Å². The van der Waals surface area contributed by atoms with Crippen molar-refractivity contribution in [2.75, 3.05) is 17.6 Å². The van der Waals surface area contributed by atoms with Crippen LogP contribution in [-0.4, -0.2) is 29.6 Å². The third-order valence-electron chi connectivity index (χ3n) is 2.98. The zero-order chi connectivity index (χ0) is 14.7. The summed E-state index contributed by atoms with van der Waals surface area (Å²) in [6.07, 6.45) is 2.29. The van der Waals surface area contributed by atoms with Crippen molar-refractivity contribution in [3.8, 4) is 0 Å². The standard InChI is InChI=1S/C13H16FN3O3/c14-9-6-11(10(15)5-8(9)13(19)20)16-4-3-12(18)17-7-1-2-7/h5-7,16H,1-4,15H2,(H,17,18)(H,19,20). The second kappa shape index (κ2) is 5.77. The zero-order valence-electron chi connectivity index (χ0n) is 10.8. The molecular formula is C13H16FN3O3. The van der Waals surface area contributed by atoms with Crippen molar-refractivity contribution in [2.24, 2.45) is 0 Å². The Morgan fingerprint density at radius 1 is 1.40 bits per heavy atom. The van der Waals surface area contributed by atoms with E-state index >= 15 is 0 Å². The molecule has 5 N–H and O–H groups in total. The van der Waals surface area contributed by atoms with Crippen molar-refractivity contribution in [2.45, 2.75) is 25.3 Å². The Balaban J connectivity index is 1.90. The molecule has 1 aromatic carbocycles. The molecule has 2 rings (SSSR count). The number of rotatable bonds is 6. The Morgan fingerprint density at radius 3 is 2.70 bits per heavy atom. The third kappa shape index (κ3) is 3.59. The molecule has 108 valence electrons. The Kier molecular flexibility index (Phi) is 4.07. The van der Waals surface area contributed by atoms with E-state index in [1.807, 2.05) is 0 Å². The lowest BCUT2D eigenvalue weighted by atomic mass is 10.1. The van der Waals surface area contributed by atoms with Crippen LogP contribution >= 0.6 is 0 Å². The highest BCUT2D eigenvalue weighted by atomic mass is 19.1. The number of amides is 1. The van der Waals surface area contributed by atoms with Gasteiger partial charge < -0.3 is 21.5 Å². The smallest absolute Gasteiger partial charge is 0.338 e. The number of nitrogen functional groups attached to an aromatic ring is 1. The number of carbonyl (C=O) groups is 2. The number of hydrogen-bond donors (Lipinski definition) is 4. The Labute approximate surface area is 115 Å². The van der Waals surface area contributed by atoms with Crippen LogP contribution in [0, 0.1) is 5.82 Å². The zero-order valence-corrected chi connectivity index (χ0v) is 10.8. The van der Waals surface area contributed by atoms with Gasteiger partial charge in [-0.2, -0.15) is 0 Å². The van der Waals surface area contributed by atoms with Crippen LogP contribution in [0.3, 0.4) is 0 Å². The van der Waals surface area contributed by atoms with Gasteiger partial charge in [-0.25, -0.2) is 9.18 Å². The predicted octanol–water partition coefficient (Wildman–Crippen LogP) is 1.19. The van der Waals surface area contributed by atoms with E-state index in [0.717, 1.165) is 25.0 Å². The van der Waals surface area contributed by atoms with E-state index in [0.29, 0.717) is 12.6 Å². The molecule has 0 spiro atoms. The van der Waals surface area contributed by atoms with Gasteiger partial charge in [-0.3, -0.25) is 4.79 Å². The van der Waals surface area contributed by atoms with Crippen molar-refractivity contribution in [1.29, 1.82) is 0 Å². The summed E-state index contributed by atoms with van der Waals surface area (Å²) in [4.78, 5) is 22.2. The maximum absolute atomic E-state index is 13.5. The molecule has 1 amide bonds. The average Bonchev–Trinajstić information content (AvgIpc) is 3.16. The lowest BCUT2D eigenvalue weighted by Crippen LogP contribution is -2.27. The highest BCUT2D eigenvalue weighted by molar-refractivity contribution is 5.90. The molecule has 1 aromatic rings. The van der Waals surface area contributed by atoms with Gasteiger partial charge in [-0.1, -0.05) is 0 Å². The van der Waals surface area contributed by atoms with Gasteiger partial charge in [-0.05, 0) is 25.0 Å². The second-order valence-corrected chi connectivity index (χ2v) is 4.74. The number of halogens is 1. The number of benzene rings is 1. The van der Waals surface area contributed by atoms with Gasteiger partial charge in [0.15, 0.2) is 0 Å². The second-order valence-electron chi connectivity index (χ2n) is 4.74. The molecule has 1 saturated carbocycles. The fraction of sp³-hybridized carbons (Fsp3) is 0.385. The van der Waals surface area contributed by atoms with Crippen molar-refractivity contribution in [3.05, 3.63) is 23.5 Å². The Bertz CT molecular complexity index is 544. The first-order valence-electron chi connectivity index (χ1n) is 6.33. The van der Waals surface area contributed by atoms with Gasteiger partial charge in [0.1, 0.15) is 5.82 Å². The summed E-state index contributed by atoms with van der Waals surface area (Å²) < 4.78 is 13.5. The minimum absolute atomic E-state index is 0.0683. The molecule has 0 bridgehead atoms. The van der Waals surface area contributed by atoms with Gasteiger partial charge in [0, 0.05) is 19.0 Å². The summed E-state index contributed by atoms with van der Waals surface area (Å²) in [6, 6.07) is 2.39. The van der Waals surface area contributed by atoms with Crippen molar-refractivity contribution < 1.29 is 19.1 Å². The average molecular weight is 281 g/mol. The molecule has 20 heavy (non-hydrogen) atoms. The number of anilines is 2. The lowest BCUT2D eigenvalue weighted by Gasteiger charge is -2.10. The van der Waals surface area contributed by atoms with Crippen LogP contribution in [0.5, 0.6) is 0 Å². The first-order chi connectivity index (χ1) is 9.47. The first kappa shape index (κ1) is 14.1. The molecule has 1 aliphatic carbocycles. The summed E-state index contributed by atoms with van der Waals surface area (Å²) in [6.45, 7) is 0.300. The van der Waals surface area contributed by atoms with E-state index in [9.17, 15) is 14.0 Å². The molecule has 0 radical (unpaired) electrons. The first-order valence-corrected chi connectivity index (χ1v) is 6.33. The van der Waals surface area contributed by atoms with Crippen molar-refractivity contribution in [1.82, 2.24) is 5.32 Å². The topological polar surface area (TPSA) is 104 Å². The molecule has 1 aliphatic rings. The summed E-state index contributed by atoms with van der Waals surface area (Å²) in [5, 5.41) is 14.4. The molecule has 0 aromatic heterocycles. The third-order valence-corrected chi connectivity index (χ3v) is 2.98. The van der Waals surface area contributed by atoms with E-state index in [4.69, 9.17) is 10.8 Å². The number of carbonyl (C=O) groups excluding carboxylic acids is 1. The van der Waals surface area contributed by atoms with Gasteiger partial charge >= 0.3 is 5.97 Å². The number of carboxylic acid groups (broad SMARTS) is 1.